The highest BCUT2D eigenvalue weighted by Crippen LogP contribution is 2.40. The minimum atomic E-state index is -3.79. The Morgan fingerprint density at radius 3 is 1.50 bits per heavy atom. The van der Waals surface area contributed by atoms with Gasteiger partial charge < -0.3 is 4.74 Å². The summed E-state index contributed by atoms with van der Waals surface area (Å²) in [7, 11) is -7.48. The van der Waals surface area contributed by atoms with Crippen molar-refractivity contribution in [2.24, 2.45) is 0 Å². The molecule has 0 atom stereocenters. The number of benzene rings is 2. The molecule has 2 aromatic rings. The van der Waals surface area contributed by atoms with Crippen molar-refractivity contribution in [2.75, 3.05) is 26.2 Å². The lowest BCUT2D eigenvalue weighted by Crippen LogP contribution is -2.55. The Balaban J connectivity index is 1.52. The molecule has 2 aliphatic rings. The Labute approximate surface area is 216 Å². The Morgan fingerprint density at radius 2 is 1.08 bits per heavy atom. The van der Waals surface area contributed by atoms with Gasteiger partial charge in [0.2, 0.25) is 20.0 Å². The molecule has 2 heterocycles. The second-order valence-corrected chi connectivity index (χ2v) is 15.6. The summed E-state index contributed by atoms with van der Waals surface area (Å²) in [6, 6.07) is 14.1. The zero-order chi connectivity index (χ0) is 26.6. The topological polar surface area (TPSA) is 84.0 Å². The van der Waals surface area contributed by atoms with E-state index in [4.69, 9.17) is 4.74 Å². The Kier molecular flexibility index (Phi) is 6.97. The molecule has 36 heavy (non-hydrogen) atoms. The summed E-state index contributed by atoms with van der Waals surface area (Å²) < 4.78 is 62.7. The van der Waals surface area contributed by atoms with Crippen molar-refractivity contribution in [1.82, 2.24) is 8.61 Å². The first-order chi connectivity index (χ1) is 16.6. The lowest BCUT2D eigenvalue weighted by molar-refractivity contribution is -0.0806. The van der Waals surface area contributed by atoms with Gasteiger partial charge in [0, 0.05) is 32.5 Å². The van der Waals surface area contributed by atoms with Gasteiger partial charge in [-0.05, 0) is 46.2 Å². The van der Waals surface area contributed by atoms with Crippen LogP contribution in [0.4, 0.5) is 0 Å². The summed E-state index contributed by atoms with van der Waals surface area (Å²) >= 11 is 0. The number of ether oxygens (including phenoxy) is 1. The van der Waals surface area contributed by atoms with Crippen LogP contribution in [0.25, 0.3) is 0 Å². The van der Waals surface area contributed by atoms with E-state index in [0.717, 1.165) is 11.1 Å². The third kappa shape index (κ3) is 5.00. The van der Waals surface area contributed by atoms with Crippen LogP contribution in [0.1, 0.15) is 65.5 Å². The van der Waals surface area contributed by atoms with Crippen molar-refractivity contribution in [3.8, 4) is 0 Å². The first kappa shape index (κ1) is 27.3. The van der Waals surface area contributed by atoms with E-state index in [1.54, 1.807) is 24.3 Å². The molecule has 2 aromatic carbocycles. The molecule has 1 spiro atoms. The number of piperidine rings is 1. The predicted octanol–water partition coefficient (Wildman–Crippen LogP) is 4.48. The normalized spacial score (nSPS) is 20.2. The van der Waals surface area contributed by atoms with Gasteiger partial charge in [-0.1, -0.05) is 65.8 Å². The zero-order valence-electron chi connectivity index (χ0n) is 22.1. The Hall–Kier alpha value is -1.78. The molecule has 9 heteroatoms. The summed E-state index contributed by atoms with van der Waals surface area (Å²) in [5.41, 5.74) is 0.953. The maximum absolute atomic E-state index is 13.6. The molecule has 0 N–H and O–H groups in total. The van der Waals surface area contributed by atoms with Crippen LogP contribution in [-0.2, 0) is 35.6 Å². The molecule has 0 aliphatic carbocycles. The van der Waals surface area contributed by atoms with Crippen LogP contribution in [0.5, 0.6) is 0 Å². The third-order valence-corrected chi connectivity index (χ3v) is 11.2. The smallest absolute Gasteiger partial charge is 0.245 e. The highest BCUT2D eigenvalue weighted by Gasteiger charge is 2.51. The van der Waals surface area contributed by atoms with Crippen LogP contribution in [0.3, 0.4) is 0 Å². The van der Waals surface area contributed by atoms with Crippen LogP contribution < -0.4 is 0 Å². The molecule has 4 rings (SSSR count). The second-order valence-electron chi connectivity index (χ2n) is 11.8. The number of nitrogens with zero attached hydrogens (tertiary/aromatic N) is 2. The number of hydrogen-bond acceptors (Lipinski definition) is 5. The molecule has 0 amide bonds. The average Bonchev–Trinajstić information content (AvgIpc) is 3.22. The summed E-state index contributed by atoms with van der Waals surface area (Å²) in [5, 5.41) is 0. The standard InChI is InChI=1S/C27H38N2O5S2/c1-25(2,3)21-7-11-23(12-8-21)35(30,31)28-17-15-27(16-18-28)29(19-20-34-27)36(32,33)24-13-9-22(10-14-24)26(4,5)6/h7-14H,15-20H2,1-6H3. The second kappa shape index (κ2) is 9.20. The molecule has 2 aliphatic heterocycles. The first-order valence-electron chi connectivity index (χ1n) is 12.5. The minimum Gasteiger partial charge on any atom is -0.358 e. The number of hydrogen-bond donors (Lipinski definition) is 0. The van der Waals surface area contributed by atoms with Crippen LogP contribution >= 0.6 is 0 Å². The molecule has 0 aromatic heterocycles. The molecule has 0 bridgehead atoms. The van der Waals surface area contributed by atoms with Crippen molar-refractivity contribution in [3.63, 3.8) is 0 Å². The van der Waals surface area contributed by atoms with Crippen molar-refractivity contribution in [1.29, 1.82) is 0 Å². The third-order valence-electron chi connectivity index (χ3n) is 7.29. The highest BCUT2D eigenvalue weighted by molar-refractivity contribution is 7.89. The summed E-state index contributed by atoms with van der Waals surface area (Å²) in [4.78, 5) is 0.483. The minimum absolute atomic E-state index is 0.0678. The van der Waals surface area contributed by atoms with Crippen molar-refractivity contribution >= 4 is 20.0 Å². The fourth-order valence-electron chi connectivity index (χ4n) is 4.93. The van der Waals surface area contributed by atoms with Crippen LogP contribution in [0.2, 0.25) is 0 Å². The molecule has 2 fully saturated rings. The van der Waals surface area contributed by atoms with Crippen LogP contribution in [-0.4, -0.2) is 57.4 Å². The monoisotopic (exact) mass is 534 g/mol. The molecule has 0 unspecified atom stereocenters. The van der Waals surface area contributed by atoms with Crippen molar-refractivity contribution < 1.29 is 21.6 Å². The quantitative estimate of drug-likeness (QED) is 0.577. The van der Waals surface area contributed by atoms with E-state index >= 15 is 0 Å². The van der Waals surface area contributed by atoms with E-state index in [9.17, 15) is 16.8 Å². The fourth-order valence-corrected chi connectivity index (χ4v) is 8.10. The number of rotatable bonds is 4. The van der Waals surface area contributed by atoms with Gasteiger partial charge in [-0.15, -0.1) is 0 Å². The maximum atomic E-state index is 13.6. The zero-order valence-corrected chi connectivity index (χ0v) is 23.7. The van der Waals surface area contributed by atoms with E-state index < -0.39 is 25.8 Å². The SMILES string of the molecule is CC(C)(C)c1ccc(S(=O)(=O)N2CCC3(CC2)OCCN3S(=O)(=O)c2ccc(C(C)(C)C)cc2)cc1. The fraction of sp³-hybridized carbons (Fsp3) is 0.556. The molecule has 0 saturated carbocycles. The van der Waals surface area contributed by atoms with Crippen molar-refractivity contribution in [3.05, 3.63) is 59.7 Å². The summed E-state index contributed by atoms with van der Waals surface area (Å²) in [6.07, 6.45) is 0.567. The maximum Gasteiger partial charge on any atom is 0.245 e. The molecule has 7 nitrogen and oxygen atoms in total. The molecular formula is C27H38N2O5S2. The summed E-state index contributed by atoms with van der Waals surface area (Å²) in [5.74, 6) is 0. The first-order valence-corrected chi connectivity index (χ1v) is 15.3. The average molecular weight is 535 g/mol. The van der Waals surface area contributed by atoms with E-state index in [0.29, 0.717) is 6.61 Å². The van der Waals surface area contributed by atoms with E-state index in [2.05, 4.69) is 41.5 Å². The van der Waals surface area contributed by atoms with E-state index in [-0.39, 0.29) is 53.1 Å². The highest BCUT2D eigenvalue weighted by atomic mass is 32.2. The Bertz CT molecular complexity index is 1300. The van der Waals surface area contributed by atoms with Gasteiger partial charge in [0.05, 0.1) is 16.4 Å². The largest absolute Gasteiger partial charge is 0.358 e. The Morgan fingerprint density at radius 1 is 0.667 bits per heavy atom. The van der Waals surface area contributed by atoms with Gasteiger partial charge in [0.15, 0.2) is 0 Å². The van der Waals surface area contributed by atoms with E-state index in [1.165, 1.54) is 8.61 Å². The van der Waals surface area contributed by atoms with Gasteiger partial charge in [-0.2, -0.15) is 8.61 Å². The van der Waals surface area contributed by atoms with E-state index in [1.807, 2.05) is 24.3 Å². The van der Waals surface area contributed by atoms with Crippen molar-refractivity contribution in [2.45, 2.75) is 80.7 Å². The lowest BCUT2D eigenvalue weighted by Gasteiger charge is -2.42. The van der Waals surface area contributed by atoms with Crippen LogP contribution in [0.15, 0.2) is 58.3 Å². The molecule has 198 valence electrons. The van der Waals surface area contributed by atoms with Gasteiger partial charge in [0.25, 0.3) is 0 Å². The number of sulfonamides is 2. The molecular weight excluding hydrogens is 496 g/mol. The van der Waals surface area contributed by atoms with Gasteiger partial charge in [-0.3, -0.25) is 0 Å². The summed E-state index contributed by atoms with van der Waals surface area (Å²) in [6.45, 7) is 13.4. The molecule has 2 saturated heterocycles. The lowest BCUT2D eigenvalue weighted by atomic mass is 9.87. The van der Waals surface area contributed by atoms with Gasteiger partial charge in [-0.25, -0.2) is 16.8 Å². The van der Waals surface area contributed by atoms with Crippen LogP contribution in [0, 0.1) is 0 Å². The predicted molar refractivity (Wildman–Crippen MR) is 141 cm³/mol. The van der Waals surface area contributed by atoms with Gasteiger partial charge >= 0.3 is 0 Å². The molecule has 0 radical (unpaired) electrons. The van der Waals surface area contributed by atoms with Gasteiger partial charge in [0.1, 0.15) is 5.72 Å².